The molecular formula is C27H35N3O6. The van der Waals surface area contributed by atoms with E-state index in [9.17, 15) is 14.4 Å². The van der Waals surface area contributed by atoms with Crippen LogP contribution in [-0.4, -0.2) is 61.6 Å². The standard InChI is InChI=1S/C27H35N3O6/c1-34-21-13-11-19(12-14-21)25(27(33)29-20-7-3-2-4-8-20)30(18-22-9-5-15-35-22)24(31)17-28-26(32)23-10-6-16-36-23/h6,10-14,16,20,22,25H,2-5,7-9,15,17-18H2,1H3,(H,28,32)(H,29,33)/t22-,25+/m1/s1. The quantitative estimate of drug-likeness (QED) is 0.522. The van der Waals surface area contributed by atoms with Crippen LogP contribution >= 0.6 is 0 Å². The molecule has 2 N–H and O–H groups in total. The van der Waals surface area contributed by atoms with Crippen molar-refractivity contribution in [3.05, 3.63) is 54.0 Å². The van der Waals surface area contributed by atoms with E-state index in [0.717, 1.165) is 38.5 Å². The average molecular weight is 498 g/mol. The molecule has 9 heteroatoms. The van der Waals surface area contributed by atoms with Gasteiger partial charge in [-0.15, -0.1) is 0 Å². The van der Waals surface area contributed by atoms with Crippen molar-refractivity contribution in [1.29, 1.82) is 0 Å². The summed E-state index contributed by atoms with van der Waals surface area (Å²) in [6, 6.07) is 9.54. The van der Waals surface area contributed by atoms with Crippen molar-refractivity contribution in [1.82, 2.24) is 15.5 Å². The van der Waals surface area contributed by atoms with Crippen LogP contribution in [0.25, 0.3) is 0 Å². The number of nitrogens with zero attached hydrogens (tertiary/aromatic N) is 1. The fourth-order valence-electron chi connectivity index (χ4n) is 4.90. The summed E-state index contributed by atoms with van der Waals surface area (Å²) in [6.45, 7) is 0.614. The molecule has 2 aromatic rings. The zero-order valence-corrected chi connectivity index (χ0v) is 20.7. The number of benzene rings is 1. The van der Waals surface area contributed by atoms with Crippen LogP contribution in [0.4, 0.5) is 0 Å². The van der Waals surface area contributed by atoms with Crippen molar-refractivity contribution in [2.24, 2.45) is 0 Å². The summed E-state index contributed by atoms with van der Waals surface area (Å²) in [7, 11) is 1.58. The average Bonchev–Trinajstić information content (AvgIpc) is 3.62. The van der Waals surface area contributed by atoms with E-state index in [4.69, 9.17) is 13.9 Å². The van der Waals surface area contributed by atoms with Gasteiger partial charge in [-0.2, -0.15) is 0 Å². The summed E-state index contributed by atoms with van der Waals surface area (Å²) in [6.07, 6.45) is 8.14. The second-order valence-electron chi connectivity index (χ2n) is 9.36. The fourth-order valence-corrected chi connectivity index (χ4v) is 4.90. The molecule has 0 bridgehead atoms. The van der Waals surface area contributed by atoms with Gasteiger partial charge in [0.05, 0.1) is 26.0 Å². The van der Waals surface area contributed by atoms with Gasteiger partial charge in [-0.25, -0.2) is 0 Å². The van der Waals surface area contributed by atoms with E-state index in [1.807, 2.05) is 0 Å². The molecule has 1 saturated heterocycles. The van der Waals surface area contributed by atoms with E-state index in [2.05, 4.69) is 10.6 Å². The zero-order chi connectivity index (χ0) is 25.3. The molecular weight excluding hydrogens is 462 g/mol. The molecule has 2 fully saturated rings. The van der Waals surface area contributed by atoms with Crippen LogP contribution < -0.4 is 15.4 Å². The van der Waals surface area contributed by atoms with Gasteiger partial charge in [0.15, 0.2) is 5.76 Å². The van der Waals surface area contributed by atoms with Crippen LogP contribution in [0.1, 0.15) is 67.1 Å². The second-order valence-corrected chi connectivity index (χ2v) is 9.36. The highest BCUT2D eigenvalue weighted by Gasteiger charge is 2.35. The Morgan fingerprint density at radius 2 is 1.83 bits per heavy atom. The Morgan fingerprint density at radius 1 is 1.06 bits per heavy atom. The lowest BCUT2D eigenvalue weighted by Gasteiger charge is -2.34. The van der Waals surface area contributed by atoms with E-state index in [1.54, 1.807) is 42.3 Å². The second kappa shape index (κ2) is 12.6. The minimum Gasteiger partial charge on any atom is -0.497 e. The monoisotopic (exact) mass is 497 g/mol. The van der Waals surface area contributed by atoms with Gasteiger partial charge in [0, 0.05) is 19.2 Å². The highest BCUT2D eigenvalue weighted by molar-refractivity contribution is 5.95. The lowest BCUT2D eigenvalue weighted by molar-refractivity contribution is -0.142. The molecule has 0 unspecified atom stereocenters. The van der Waals surface area contributed by atoms with E-state index in [0.29, 0.717) is 17.9 Å². The SMILES string of the molecule is COc1ccc([C@@H](C(=O)NC2CCCCC2)N(C[C@H]2CCCO2)C(=O)CNC(=O)c2ccco2)cc1. The highest BCUT2D eigenvalue weighted by atomic mass is 16.5. The third-order valence-electron chi connectivity index (χ3n) is 6.83. The summed E-state index contributed by atoms with van der Waals surface area (Å²) in [5.74, 6) is -0.304. The van der Waals surface area contributed by atoms with Gasteiger partial charge < -0.3 is 29.4 Å². The number of ether oxygens (including phenoxy) is 2. The third kappa shape index (κ3) is 6.66. The summed E-state index contributed by atoms with van der Waals surface area (Å²) >= 11 is 0. The van der Waals surface area contributed by atoms with Gasteiger partial charge >= 0.3 is 0 Å². The summed E-state index contributed by atoms with van der Waals surface area (Å²) in [4.78, 5) is 41.2. The van der Waals surface area contributed by atoms with E-state index >= 15 is 0 Å². The minimum atomic E-state index is -0.866. The Hall–Kier alpha value is -3.33. The molecule has 2 heterocycles. The molecule has 0 radical (unpaired) electrons. The van der Waals surface area contributed by atoms with E-state index in [1.165, 1.54) is 18.8 Å². The number of furan rings is 1. The molecule has 194 valence electrons. The fraction of sp³-hybridized carbons (Fsp3) is 0.519. The predicted octanol–water partition coefficient (Wildman–Crippen LogP) is 3.22. The lowest BCUT2D eigenvalue weighted by atomic mass is 9.94. The Bertz CT molecular complexity index is 995. The lowest BCUT2D eigenvalue weighted by Crippen LogP contribution is -2.51. The van der Waals surface area contributed by atoms with Crippen molar-refractivity contribution in [3.8, 4) is 5.75 Å². The number of nitrogens with one attached hydrogen (secondary N) is 2. The Balaban J connectivity index is 1.58. The van der Waals surface area contributed by atoms with Gasteiger partial charge in [0.2, 0.25) is 11.8 Å². The summed E-state index contributed by atoms with van der Waals surface area (Å²) in [5.41, 5.74) is 0.674. The van der Waals surface area contributed by atoms with Crippen LogP contribution in [-0.2, 0) is 14.3 Å². The molecule has 4 rings (SSSR count). The Morgan fingerprint density at radius 3 is 2.47 bits per heavy atom. The first-order chi connectivity index (χ1) is 17.5. The van der Waals surface area contributed by atoms with E-state index < -0.39 is 11.9 Å². The Labute approximate surface area is 211 Å². The van der Waals surface area contributed by atoms with Gasteiger partial charge in [-0.05, 0) is 55.5 Å². The van der Waals surface area contributed by atoms with Crippen molar-refractivity contribution >= 4 is 17.7 Å². The normalized spacial score (nSPS) is 18.9. The molecule has 9 nitrogen and oxygen atoms in total. The molecule has 1 aromatic heterocycles. The molecule has 2 atom stereocenters. The van der Waals surface area contributed by atoms with Crippen LogP contribution in [0, 0.1) is 0 Å². The van der Waals surface area contributed by atoms with Crippen molar-refractivity contribution < 1.29 is 28.3 Å². The molecule has 3 amide bonds. The predicted molar refractivity (Wildman–Crippen MR) is 132 cm³/mol. The number of amides is 3. The number of rotatable bonds is 10. The highest BCUT2D eigenvalue weighted by Crippen LogP contribution is 2.27. The molecule has 1 aliphatic carbocycles. The zero-order valence-electron chi connectivity index (χ0n) is 20.7. The van der Waals surface area contributed by atoms with Gasteiger partial charge in [-0.3, -0.25) is 14.4 Å². The van der Waals surface area contributed by atoms with Crippen molar-refractivity contribution in [3.63, 3.8) is 0 Å². The summed E-state index contributed by atoms with van der Waals surface area (Å²) < 4.78 is 16.2. The van der Waals surface area contributed by atoms with Crippen LogP contribution in [0.3, 0.4) is 0 Å². The largest absolute Gasteiger partial charge is 0.497 e. The Kier molecular flexibility index (Phi) is 9.00. The molecule has 2 aliphatic rings. The molecule has 1 saturated carbocycles. The molecule has 0 spiro atoms. The summed E-state index contributed by atoms with van der Waals surface area (Å²) in [5, 5.41) is 5.80. The molecule has 1 aromatic carbocycles. The maximum Gasteiger partial charge on any atom is 0.287 e. The first-order valence-electron chi connectivity index (χ1n) is 12.7. The third-order valence-corrected chi connectivity index (χ3v) is 6.83. The maximum absolute atomic E-state index is 13.7. The first kappa shape index (κ1) is 25.8. The van der Waals surface area contributed by atoms with Crippen LogP contribution in [0.5, 0.6) is 5.75 Å². The van der Waals surface area contributed by atoms with Crippen molar-refractivity contribution in [2.75, 3.05) is 26.8 Å². The number of hydrogen-bond acceptors (Lipinski definition) is 6. The van der Waals surface area contributed by atoms with E-state index in [-0.39, 0.29) is 42.8 Å². The topological polar surface area (TPSA) is 110 Å². The van der Waals surface area contributed by atoms with Crippen LogP contribution in [0.2, 0.25) is 0 Å². The molecule has 36 heavy (non-hydrogen) atoms. The molecule has 1 aliphatic heterocycles. The van der Waals surface area contributed by atoms with Crippen LogP contribution in [0.15, 0.2) is 47.1 Å². The smallest absolute Gasteiger partial charge is 0.287 e. The number of methoxy groups -OCH3 is 1. The first-order valence-corrected chi connectivity index (χ1v) is 12.7. The minimum absolute atomic E-state index is 0.0883. The van der Waals surface area contributed by atoms with Gasteiger partial charge in [-0.1, -0.05) is 31.4 Å². The maximum atomic E-state index is 13.7. The van der Waals surface area contributed by atoms with Gasteiger partial charge in [0.1, 0.15) is 11.8 Å². The van der Waals surface area contributed by atoms with Gasteiger partial charge in [0.25, 0.3) is 5.91 Å². The number of carbonyl (C=O) groups is 3. The van der Waals surface area contributed by atoms with Crippen molar-refractivity contribution in [2.45, 2.75) is 63.1 Å². The number of hydrogen-bond donors (Lipinski definition) is 2. The number of carbonyl (C=O) groups excluding carboxylic acids is 3.